The predicted octanol–water partition coefficient (Wildman–Crippen LogP) is 4.18. The van der Waals surface area contributed by atoms with E-state index in [2.05, 4.69) is 36.0 Å². The predicted molar refractivity (Wildman–Crippen MR) is 290 cm³/mol. The van der Waals surface area contributed by atoms with Gasteiger partial charge < -0.3 is 44.7 Å². The molecular weight excluding hydrogens is 1060 g/mol. The molecule has 2 fully saturated rings. The normalized spacial score (nSPS) is 23.3. The highest BCUT2D eigenvalue weighted by molar-refractivity contribution is 7.91. The minimum Gasteiger partial charge on any atom is -0.474 e. The number of rotatable bonds is 15. The highest BCUT2D eigenvalue weighted by Crippen LogP contribution is 2.48. The van der Waals surface area contributed by atoms with Crippen molar-refractivity contribution in [3.8, 4) is 16.3 Å². The third-order valence-corrected chi connectivity index (χ3v) is 17.5. The SMILES string of the molecule is Cc1ncsc1-c1ccc([C@]2(C)N=C([C@@H]3C[C@@H](O)CN3C(=O)[C@@H](c3cc(OCCN4CC[C@H](NC(=O)C5=C(CS(C)(=O)=O)c6ccn(C)c(=O)c6C6=C7C5=CN(c5ncc(F)cc5F)C7CCN6)C4)no3)C(C)C)NC2=O)cc1. The maximum absolute atomic E-state index is 15.5. The Bertz CT molecular complexity index is 3630. The van der Waals surface area contributed by atoms with E-state index in [1.54, 1.807) is 42.7 Å². The van der Waals surface area contributed by atoms with E-state index in [-0.39, 0.29) is 77.0 Å². The summed E-state index contributed by atoms with van der Waals surface area (Å²) in [6.07, 6.45) is 5.24. The van der Waals surface area contributed by atoms with Crippen LogP contribution in [0.2, 0.25) is 0 Å². The number of thiazole rings is 1. The summed E-state index contributed by atoms with van der Waals surface area (Å²) in [7, 11) is -2.26. The number of fused-ring (bicyclic) bond motifs is 2. The van der Waals surface area contributed by atoms with Gasteiger partial charge >= 0.3 is 0 Å². The number of carbonyl (C=O) groups is 3. The van der Waals surface area contributed by atoms with E-state index in [4.69, 9.17) is 14.3 Å². The zero-order valence-electron chi connectivity index (χ0n) is 44.2. The third-order valence-electron chi connectivity index (χ3n) is 15.7. The van der Waals surface area contributed by atoms with Crippen LogP contribution in [0, 0.1) is 24.5 Å². The Morgan fingerprint density at radius 2 is 1.86 bits per heavy atom. The lowest BCUT2D eigenvalue weighted by atomic mass is 9.89. The molecule has 5 aliphatic heterocycles. The second kappa shape index (κ2) is 20.7. The van der Waals surface area contributed by atoms with Crippen molar-refractivity contribution in [1.29, 1.82) is 0 Å². The van der Waals surface area contributed by atoms with Crippen LogP contribution in [0.3, 0.4) is 0 Å². The van der Waals surface area contributed by atoms with E-state index >= 15 is 4.39 Å². The average Bonchev–Trinajstić information content (AvgIpc) is 4.42. The zero-order valence-corrected chi connectivity index (χ0v) is 45.9. The fourth-order valence-corrected chi connectivity index (χ4v) is 13.4. The summed E-state index contributed by atoms with van der Waals surface area (Å²) in [4.78, 5) is 76.7. The lowest BCUT2D eigenvalue weighted by Gasteiger charge is -2.32. The summed E-state index contributed by atoms with van der Waals surface area (Å²) in [6.45, 7) is 9.34. The number of aromatic nitrogens is 4. The summed E-state index contributed by atoms with van der Waals surface area (Å²) in [5, 5.41) is 24.5. The van der Waals surface area contributed by atoms with E-state index in [0.717, 1.165) is 34.7 Å². The van der Waals surface area contributed by atoms with E-state index in [1.807, 2.05) is 45.0 Å². The van der Waals surface area contributed by atoms with Gasteiger partial charge in [-0.15, -0.1) is 11.3 Å². The average molecular weight is 1120 g/mol. The molecule has 1 unspecified atom stereocenters. The van der Waals surface area contributed by atoms with Gasteiger partial charge in [-0.3, -0.25) is 24.1 Å². The number of anilines is 1. The molecule has 6 atom stereocenters. The molecule has 6 aliphatic rings. The number of aliphatic imine (C=N–C) groups is 1. The van der Waals surface area contributed by atoms with Crippen LogP contribution in [0.5, 0.6) is 5.88 Å². The molecule has 24 heteroatoms. The molecule has 5 aromatic rings. The number of benzene rings is 1. The van der Waals surface area contributed by atoms with Gasteiger partial charge in [0.1, 0.15) is 24.2 Å². The first-order valence-corrected chi connectivity index (χ1v) is 29.1. The minimum atomic E-state index is -3.83. The van der Waals surface area contributed by atoms with Crippen LogP contribution in [0.4, 0.5) is 14.6 Å². The molecule has 0 saturated carbocycles. The number of amides is 3. The van der Waals surface area contributed by atoms with Crippen LogP contribution in [0.1, 0.15) is 74.1 Å². The number of β-amino-alcohol motifs (C(OH)–C–C–N with tert-alkyl or cyclic N) is 1. The van der Waals surface area contributed by atoms with Gasteiger partial charge in [0.25, 0.3) is 23.3 Å². The lowest BCUT2D eigenvalue weighted by Crippen LogP contribution is -2.48. The number of aliphatic hydroxyl groups is 1. The van der Waals surface area contributed by atoms with Crippen molar-refractivity contribution in [3.05, 3.63) is 133 Å². The number of hydrogen-bond donors (Lipinski definition) is 4. The molecule has 0 radical (unpaired) electrons. The van der Waals surface area contributed by atoms with Gasteiger partial charge in [-0.1, -0.05) is 38.1 Å². The number of sulfone groups is 1. The standard InChI is InChI=1S/C55H59F2N11O9S2/c1-28(2)43(53(72)68-24-34(69)20-40(68)49-62-54(73)55(4,63-49)31-9-7-30(8-10-31)48-29(3)60-27-78-48)41-21-42(64-77-41)76-18-17-66-16-12-33(23-66)61-51(70)44-36-25-67(50-38(57)19-32(56)22-59-50)39-11-14-58-47(45(36)39)46-35(13-15-65(5)52(46)71)37(44)26-79(6,74)75/h7-10,13,15,19,21-22,25,27-28,33-34,39-40,43,58,69H,11-12,14,16-18,20,23-24,26H2,1-6H3,(H,61,70)(H,62,63,73)/t33-,34+,39?,40-,43+,55-/m0/s1. The molecule has 9 heterocycles. The Balaban J connectivity index is 0.772. The summed E-state index contributed by atoms with van der Waals surface area (Å²) >= 11 is 1.54. The molecule has 1 aromatic carbocycles. The van der Waals surface area contributed by atoms with Gasteiger partial charge in [0.05, 0.1) is 63.1 Å². The molecule has 1 aliphatic carbocycles. The number of likely N-dealkylation sites (tertiary alicyclic amines) is 2. The van der Waals surface area contributed by atoms with E-state index in [9.17, 15) is 37.1 Å². The number of nitrogens with zero attached hydrogens (tertiary/aromatic N) is 8. The number of aryl methyl sites for hydroxylation is 2. The Kier molecular flexibility index (Phi) is 14.0. The second-order valence-corrected chi connectivity index (χ2v) is 24.5. The molecule has 79 heavy (non-hydrogen) atoms. The van der Waals surface area contributed by atoms with Gasteiger partial charge in [-0.25, -0.2) is 32.2 Å². The smallest absolute Gasteiger partial charge is 0.260 e. The quantitative estimate of drug-likeness (QED) is 0.115. The van der Waals surface area contributed by atoms with Crippen LogP contribution in [0.15, 0.2) is 97.6 Å². The van der Waals surface area contributed by atoms with Crippen LogP contribution < -0.4 is 31.1 Å². The van der Waals surface area contributed by atoms with Crippen molar-refractivity contribution in [2.75, 3.05) is 56.2 Å². The summed E-state index contributed by atoms with van der Waals surface area (Å²) < 4.78 is 69.4. The Morgan fingerprint density at radius 3 is 2.58 bits per heavy atom. The van der Waals surface area contributed by atoms with Crippen LogP contribution in [0.25, 0.3) is 21.7 Å². The monoisotopic (exact) mass is 1120 g/mol. The first-order valence-electron chi connectivity index (χ1n) is 26.1. The lowest BCUT2D eigenvalue weighted by molar-refractivity contribution is -0.134. The maximum Gasteiger partial charge on any atom is 0.260 e. The molecule has 20 nitrogen and oxygen atoms in total. The van der Waals surface area contributed by atoms with Crippen molar-refractivity contribution < 1.29 is 45.9 Å². The molecule has 414 valence electrons. The van der Waals surface area contributed by atoms with Gasteiger partial charge in [0, 0.05) is 94.2 Å². The van der Waals surface area contributed by atoms with Crippen molar-refractivity contribution in [3.63, 3.8) is 0 Å². The number of ether oxygens (including phenoxy) is 1. The fourth-order valence-electron chi connectivity index (χ4n) is 11.8. The first kappa shape index (κ1) is 53.6. The topological polar surface area (TPSA) is 247 Å². The minimum absolute atomic E-state index is 0.0178. The Labute approximate surface area is 457 Å². The largest absolute Gasteiger partial charge is 0.474 e. The van der Waals surface area contributed by atoms with Crippen molar-refractivity contribution in [2.24, 2.45) is 18.0 Å². The van der Waals surface area contributed by atoms with Crippen LogP contribution in [-0.4, -0.2) is 142 Å². The number of aliphatic hydroxyl groups excluding tert-OH is 1. The Morgan fingerprint density at radius 1 is 1.08 bits per heavy atom. The second-order valence-electron chi connectivity index (χ2n) is 21.5. The Hall–Kier alpha value is -7.41. The highest BCUT2D eigenvalue weighted by Gasteiger charge is 2.49. The number of nitrogens with one attached hydrogen (secondary N) is 3. The van der Waals surface area contributed by atoms with Crippen molar-refractivity contribution >= 4 is 61.8 Å². The van der Waals surface area contributed by atoms with E-state index in [0.29, 0.717) is 67.3 Å². The van der Waals surface area contributed by atoms with E-state index in [1.165, 1.54) is 27.0 Å². The van der Waals surface area contributed by atoms with Crippen molar-refractivity contribution in [1.82, 2.24) is 45.4 Å². The maximum atomic E-state index is 15.5. The zero-order chi connectivity index (χ0) is 55.8. The molecule has 0 spiro atoms. The highest BCUT2D eigenvalue weighted by atomic mass is 32.2. The number of halogens is 2. The van der Waals surface area contributed by atoms with Crippen LogP contribution >= 0.6 is 11.3 Å². The first-order chi connectivity index (χ1) is 37.7. The molecule has 3 amide bonds. The van der Waals surface area contributed by atoms with Crippen LogP contribution in [-0.2, 0) is 36.8 Å². The summed E-state index contributed by atoms with van der Waals surface area (Å²) in [6, 6.07) is 9.80. The number of pyridine rings is 2. The molecule has 4 aromatic heterocycles. The van der Waals surface area contributed by atoms with Gasteiger partial charge in [0.15, 0.2) is 32.8 Å². The fraction of sp³-hybridized carbons (Fsp3) is 0.418. The molecule has 11 rings (SSSR count). The number of amidine groups is 1. The molecular formula is C55H59F2N11O9S2. The van der Waals surface area contributed by atoms with E-state index < -0.39 is 74.4 Å². The van der Waals surface area contributed by atoms with Gasteiger partial charge in [-0.05, 0) is 66.1 Å². The number of hydrogen-bond acceptors (Lipinski definition) is 17. The molecule has 2 saturated heterocycles. The number of carbonyl (C=O) groups excluding carboxylic acids is 3. The molecule has 4 N–H and O–H groups in total. The molecule has 0 bridgehead atoms. The summed E-state index contributed by atoms with van der Waals surface area (Å²) in [5.41, 5.74) is 4.44. The van der Waals surface area contributed by atoms with Gasteiger partial charge in [0.2, 0.25) is 5.91 Å². The summed E-state index contributed by atoms with van der Waals surface area (Å²) in [5.74, 6) is -4.22. The van der Waals surface area contributed by atoms with Gasteiger partial charge in [-0.2, -0.15) is 0 Å². The van der Waals surface area contributed by atoms with Crippen molar-refractivity contribution in [2.45, 2.75) is 82.6 Å². The third kappa shape index (κ3) is 9.96.